The van der Waals surface area contributed by atoms with Gasteiger partial charge in [0.05, 0.1) is 24.5 Å². The molecule has 2 aromatic carbocycles. The highest BCUT2D eigenvalue weighted by Crippen LogP contribution is 2.32. The van der Waals surface area contributed by atoms with Gasteiger partial charge in [-0.1, -0.05) is 0 Å². The Morgan fingerprint density at radius 3 is 2.43 bits per heavy atom. The molecule has 0 aliphatic rings. The normalized spacial score (nSPS) is 10.8. The summed E-state index contributed by atoms with van der Waals surface area (Å²) in [5, 5.41) is 0.792. The van der Waals surface area contributed by atoms with Gasteiger partial charge in [0.1, 0.15) is 22.8 Å². The van der Waals surface area contributed by atoms with Crippen LogP contribution in [0.25, 0.3) is 22.2 Å². The van der Waals surface area contributed by atoms with E-state index >= 15 is 0 Å². The van der Waals surface area contributed by atoms with Crippen molar-refractivity contribution < 1.29 is 23.0 Å². The monoisotopic (exact) mass is 407 g/mol. The number of carbonyl (C=O) groups is 1. The number of nitrogens with zero attached hydrogens (tertiary/aromatic N) is 2. The Morgan fingerprint density at radius 2 is 1.73 bits per heavy atom. The first-order chi connectivity index (χ1) is 14.5. The summed E-state index contributed by atoms with van der Waals surface area (Å²) in [6.07, 6.45) is 2.33. The van der Waals surface area contributed by atoms with Crippen molar-refractivity contribution in [2.75, 3.05) is 7.11 Å². The van der Waals surface area contributed by atoms with Gasteiger partial charge in [-0.25, -0.2) is 8.78 Å². The van der Waals surface area contributed by atoms with Gasteiger partial charge in [0.2, 0.25) is 0 Å². The predicted molar refractivity (Wildman–Crippen MR) is 106 cm³/mol. The van der Waals surface area contributed by atoms with E-state index in [2.05, 4.69) is 9.97 Å². The van der Waals surface area contributed by atoms with Gasteiger partial charge in [-0.3, -0.25) is 14.8 Å². The van der Waals surface area contributed by atoms with E-state index < -0.39 is 23.1 Å². The molecule has 0 spiro atoms. The van der Waals surface area contributed by atoms with Crippen molar-refractivity contribution in [3.05, 3.63) is 78.1 Å². The number of hydrogen-bond donors (Lipinski definition) is 1. The highest BCUT2D eigenvalue weighted by atomic mass is 19.2. The Labute approximate surface area is 169 Å². The minimum Gasteiger partial charge on any atom is -0.497 e. The van der Waals surface area contributed by atoms with E-state index in [4.69, 9.17) is 15.2 Å². The van der Waals surface area contributed by atoms with Gasteiger partial charge in [0.25, 0.3) is 5.91 Å². The van der Waals surface area contributed by atoms with Gasteiger partial charge in [-0.2, -0.15) is 0 Å². The molecule has 2 heterocycles. The fourth-order valence-electron chi connectivity index (χ4n) is 3.03. The molecule has 0 atom stereocenters. The molecule has 2 aromatic heterocycles. The average Bonchev–Trinajstić information content (AvgIpc) is 2.75. The van der Waals surface area contributed by atoms with Crippen LogP contribution in [0.2, 0.25) is 0 Å². The lowest BCUT2D eigenvalue weighted by Crippen LogP contribution is -2.16. The Hall–Kier alpha value is -4.07. The number of pyridine rings is 2. The molecule has 4 aromatic rings. The molecule has 30 heavy (non-hydrogen) atoms. The molecule has 0 aliphatic heterocycles. The molecule has 0 radical (unpaired) electrons. The molecule has 1 amide bonds. The summed E-state index contributed by atoms with van der Waals surface area (Å²) in [7, 11) is 1.58. The van der Waals surface area contributed by atoms with E-state index in [0.29, 0.717) is 34.5 Å². The lowest BCUT2D eigenvalue weighted by atomic mass is 10.0. The van der Waals surface area contributed by atoms with Crippen LogP contribution in [0.4, 0.5) is 8.78 Å². The number of carbonyl (C=O) groups excluding carboxylic acids is 1. The maximum absolute atomic E-state index is 14.0. The van der Waals surface area contributed by atoms with Crippen molar-refractivity contribution in [3.63, 3.8) is 0 Å². The maximum Gasteiger partial charge on any atom is 0.254 e. The van der Waals surface area contributed by atoms with Crippen molar-refractivity contribution in [1.29, 1.82) is 0 Å². The van der Waals surface area contributed by atoms with Crippen LogP contribution in [0.1, 0.15) is 10.4 Å². The third-order valence-electron chi connectivity index (χ3n) is 4.48. The summed E-state index contributed by atoms with van der Waals surface area (Å²) < 4.78 is 38.6. The lowest BCUT2D eigenvalue weighted by Gasteiger charge is -2.11. The van der Waals surface area contributed by atoms with Gasteiger partial charge in [-0.15, -0.1) is 0 Å². The molecule has 0 fully saturated rings. The standard InChI is InChI=1S/C22H15F2N3O3/c1-29-14-6-7-15-17(10-14)26-9-8-18(15)30-13-4-2-12(3-5-13)21-19(22(25)28)20(24)16(23)11-27-21/h2-11H,1H3,(H2,25,28). The van der Waals surface area contributed by atoms with Gasteiger partial charge in [0.15, 0.2) is 11.6 Å². The smallest absolute Gasteiger partial charge is 0.254 e. The zero-order valence-electron chi connectivity index (χ0n) is 15.7. The van der Waals surface area contributed by atoms with Crippen LogP contribution >= 0.6 is 0 Å². The van der Waals surface area contributed by atoms with Crippen LogP contribution < -0.4 is 15.2 Å². The molecular weight excluding hydrogens is 392 g/mol. The van der Waals surface area contributed by atoms with Crippen molar-refractivity contribution in [3.8, 4) is 28.5 Å². The summed E-state index contributed by atoms with van der Waals surface area (Å²) in [5.74, 6) is -1.92. The van der Waals surface area contributed by atoms with E-state index in [-0.39, 0.29) is 5.69 Å². The minimum atomic E-state index is -1.33. The molecular formula is C22H15F2N3O3. The number of amides is 1. The molecule has 0 unspecified atom stereocenters. The number of halogens is 2. The number of ether oxygens (including phenoxy) is 2. The van der Waals surface area contributed by atoms with Crippen LogP contribution in [0.15, 0.2) is 60.9 Å². The summed E-state index contributed by atoms with van der Waals surface area (Å²) in [4.78, 5) is 19.7. The molecule has 0 bridgehead atoms. The van der Waals surface area contributed by atoms with Gasteiger partial charge in [0, 0.05) is 23.2 Å². The third-order valence-corrected chi connectivity index (χ3v) is 4.48. The van der Waals surface area contributed by atoms with E-state index in [0.717, 1.165) is 5.39 Å². The van der Waals surface area contributed by atoms with Gasteiger partial charge >= 0.3 is 0 Å². The first-order valence-corrected chi connectivity index (χ1v) is 8.83. The second-order valence-corrected chi connectivity index (χ2v) is 6.33. The number of primary amides is 1. The van der Waals surface area contributed by atoms with Gasteiger partial charge in [-0.05, 0) is 42.5 Å². The number of methoxy groups -OCH3 is 1. The first kappa shape index (κ1) is 19.3. The third kappa shape index (κ3) is 3.50. The van der Waals surface area contributed by atoms with Crippen LogP contribution in [0.5, 0.6) is 17.2 Å². The highest BCUT2D eigenvalue weighted by molar-refractivity contribution is 5.99. The summed E-state index contributed by atoms with van der Waals surface area (Å²) in [6, 6.07) is 13.6. The van der Waals surface area contributed by atoms with E-state index in [1.165, 1.54) is 0 Å². The molecule has 0 aliphatic carbocycles. The molecule has 2 N–H and O–H groups in total. The molecule has 4 rings (SSSR count). The fourth-order valence-corrected chi connectivity index (χ4v) is 3.03. The largest absolute Gasteiger partial charge is 0.497 e. The summed E-state index contributed by atoms with van der Waals surface area (Å²) in [6.45, 7) is 0. The predicted octanol–water partition coefficient (Wildman–Crippen LogP) is 4.47. The molecule has 8 heteroatoms. The van der Waals surface area contributed by atoms with Crippen LogP contribution in [0.3, 0.4) is 0 Å². The van der Waals surface area contributed by atoms with E-state index in [1.807, 2.05) is 6.07 Å². The number of benzene rings is 2. The SMILES string of the molecule is COc1ccc2c(Oc3ccc(-c4ncc(F)c(F)c4C(N)=O)cc3)ccnc2c1. The second-order valence-electron chi connectivity index (χ2n) is 6.33. The van der Waals surface area contributed by atoms with Gasteiger partial charge < -0.3 is 15.2 Å². The van der Waals surface area contributed by atoms with Crippen molar-refractivity contribution >= 4 is 16.8 Å². The Balaban J connectivity index is 1.67. The van der Waals surface area contributed by atoms with Crippen molar-refractivity contribution in [2.45, 2.75) is 0 Å². The van der Waals surface area contributed by atoms with Crippen LogP contribution in [-0.2, 0) is 0 Å². The summed E-state index contributed by atoms with van der Waals surface area (Å²) in [5.41, 5.74) is 5.65. The lowest BCUT2D eigenvalue weighted by molar-refractivity contribution is 0.0995. The number of aromatic nitrogens is 2. The highest BCUT2D eigenvalue weighted by Gasteiger charge is 2.20. The minimum absolute atomic E-state index is 0.0468. The molecule has 6 nitrogen and oxygen atoms in total. The average molecular weight is 407 g/mol. The first-order valence-electron chi connectivity index (χ1n) is 8.83. The van der Waals surface area contributed by atoms with E-state index in [9.17, 15) is 13.6 Å². The maximum atomic E-state index is 14.0. The molecule has 0 saturated carbocycles. The zero-order chi connectivity index (χ0) is 21.3. The number of nitrogens with two attached hydrogens (primary N) is 1. The summed E-state index contributed by atoms with van der Waals surface area (Å²) >= 11 is 0. The van der Waals surface area contributed by atoms with E-state index in [1.54, 1.807) is 55.8 Å². The molecule has 150 valence electrons. The van der Waals surface area contributed by atoms with Crippen molar-refractivity contribution in [2.24, 2.45) is 5.73 Å². The Kier molecular flexibility index (Phi) is 4.97. The quantitative estimate of drug-likeness (QED) is 0.527. The number of fused-ring (bicyclic) bond motifs is 1. The van der Waals surface area contributed by atoms with Crippen LogP contribution in [0, 0.1) is 11.6 Å². The second kappa shape index (κ2) is 7.75. The fraction of sp³-hybridized carbons (Fsp3) is 0.0455. The van der Waals surface area contributed by atoms with Crippen molar-refractivity contribution in [1.82, 2.24) is 9.97 Å². The molecule has 0 saturated heterocycles. The Bertz CT molecular complexity index is 1260. The van der Waals surface area contributed by atoms with Crippen LogP contribution in [-0.4, -0.2) is 23.0 Å². The zero-order valence-corrected chi connectivity index (χ0v) is 15.7. The topological polar surface area (TPSA) is 87.3 Å². The Morgan fingerprint density at radius 1 is 1.00 bits per heavy atom. The number of rotatable bonds is 5. The number of hydrogen-bond acceptors (Lipinski definition) is 5.